The number of aryl methyl sites for hydroxylation is 2. The van der Waals surface area contributed by atoms with Crippen LogP contribution in [0.25, 0.3) is 0 Å². The van der Waals surface area contributed by atoms with Gasteiger partial charge in [0.2, 0.25) is 0 Å². The van der Waals surface area contributed by atoms with Crippen molar-refractivity contribution >= 4 is 15.9 Å². The molecule has 1 heterocycles. The van der Waals surface area contributed by atoms with Gasteiger partial charge in [0.25, 0.3) is 0 Å². The van der Waals surface area contributed by atoms with Crippen LogP contribution in [0.2, 0.25) is 0 Å². The van der Waals surface area contributed by atoms with Crippen molar-refractivity contribution < 1.29 is 9.50 Å². The average Bonchev–Trinajstić information content (AvgIpc) is 2.59. The summed E-state index contributed by atoms with van der Waals surface area (Å²) in [5.74, 6) is -0.276. The van der Waals surface area contributed by atoms with E-state index in [2.05, 4.69) is 21.0 Å². The molecule has 2 rings (SSSR count). The number of aliphatic hydroxyl groups is 1. The SMILES string of the molecule is Cc1nn(C)c(CC(O)Cc2ccccc2F)c1Br. The molecule has 0 aliphatic rings. The van der Waals surface area contributed by atoms with Gasteiger partial charge in [-0.15, -0.1) is 0 Å². The molecule has 1 aromatic carbocycles. The lowest BCUT2D eigenvalue weighted by atomic mass is 10.0. The summed E-state index contributed by atoms with van der Waals surface area (Å²) in [5, 5.41) is 14.4. The molecular formula is C14H16BrFN2O. The summed E-state index contributed by atoms with van der Waals surface area (Å²) < 4.78 is 16.2. The van der Waals surface area contributed by atoms with Crippen LogP contribution in [0.3, 0.4) is 0 Å². The molecule has 0 saturated carbocycles. The van der Waals surface area contributed by atoms with Crippen molar-refractivity contribution in [1.29, 1.82) is 0 Å². The molecule has 102 valence electrons. The molecule has 0 bridgehead atoms. The van der Waals surface area contributed by atoms with Crippen LogP contribution in [-0.2, 0) is 19.9 Å². The summed E-state index contributed by atoms with van der Waals surface area (Å²) >= 11 is 3.46. The van der Waals surface area contributed by atoms with E-state index in [0.29, 0.717) is 18.4 Å². The average molecular weight is 327 g/mol. The topological polar surface area (TPSA) is 38.0 Å². The van der Waals surface area contributed by atoms with Crippen molar-refractivity contribution in [2.45, 2.75) is 25.9 Å². The van der Waals surface area contributed by atoms with Crippen molar-refractivity contribution in [1.82, 2.24) is 9.78 Å². The molecular weight excluding hydrogens is 311 g/mol. The second kappa shape index (κ2) is 5.84. The van der Waals surface area contributed by atoms with Gasteiger partial charge in [0.15, 0.2) is 0 Å². The number of halogens is 2. The lowest BCUT2D eigenvalue weighted by Crippen LogP contribution is -2.17. The molecule has 0 amide bonds. The Morgan fingerprint density at radius 3 is 2.63 bits per heavy atom. The third kappa shape index (κ3) is 3.22. The number of nitrogens with zero attached hydrogens (tertiary/aromatic N) is 2. The number of rotatable bonds is 4. The zero-order valence-electron chi connectivity index (χ0n) is 10.9. The molecule has 3 nitrogen and oxygen atoms in total. The van der Waals surface area contributed by atoms with Crippen LogP contribution >= 0.6 is 15.9 Å². The standard InChI is InChI=1S/C14H16BrFN2O/c1-9-14(15)13(18(2)17-9)8-11(19)7-10-5-3-4-6-12(10)16/h3-6,11,19H,7-8H2,1-2H3. The maximum absolute atomic E-state index is 13.5. The molecule has 0 aliphatic heterocycles. The lowest BCUT2D eigenvalue weighted by Gasteiger charge is -2.12. The Kier molecular flexibility index (Phi) is 4.37. The molecule has 0 saturated heterocycles. The fourth-order valence-corrected chi connectivity index (χ4v) is 2.61. The van der Waals surface area contributed by atoms with Gasteiger partial charge in [-0.1, -0.05) is 18.2 Å². The minimum atomic E-state index is -0.636. The van der Waals surface area contributed by atoms with Gasteiger partial charge >= 0.3 is 0 Å². The van der Waals surface area contributed by atoms with Gasteiger partial charge in [-0.3, -0.25) is 4.68 Å². The monoisotopic (exact) mass is 326 g/mol. The second-order valence-corrected chi connectivity index (χ2v) is 5.42. The van der Waals surface area contributed by atoms with Crippen LogP contribution in [0.4, 0.5) is 4.39 Å². The molecule has 1 aromatic heterocycles. The van der Waals surface area contributed by atoms with E-state index < -0.39 is 6.10 Å². The number of aliphatic hydroxyl groups excluding tert-OH is 1. The van der Waals surface area contributed by atoms with E-state index >= 15 is 0 Å². The lowest BCUT2D eigenvalue weighted by molar-refractivity contribution is 0.171. The molecule has 0 spiro atoms. The van der Waals surface area contributed by atoms with Crippen LogP contribution in [0.15, 0.2) is 28.7 Å². The van der Waals surface area contributed by atoms with Crippen LogP contribution < -0.4 is 0 Å². The van der Waals surface area contributed by atoms with Crippen LogP contribution in [0, 0.1) is 12.7 Å². The first kappa shape index (κ1) is 14.2. The highest BCUT2D eigenvalue weighted by Gasteiger charge is 2.16. The van der Waals surface area contributed by atoms with E-state index in [9.17, 15) is 9.50 Å². The summed E-state index contributed by atoms with van der Waals surface area (Å²) in [5.41, 5.74) is 2.34. The van der Waals surface area contributed by atoms with Crippen LogP contribution in [-0.4, -0.2) is 21.0 Å². The molecule has 0 aliphatic carbocycles. The molecule has 0 radical (unpaired) electrons. The van der Waals surface area contributed by atoms with E-state index in [-0.39, 0.29) is 5.82 Å². The van der Waals surface area contributed by atoms with Gasteiger partial charge in [0.05, 0.1) is 22.0 Å². The fraction of sp³-hybridized carbons (Fsp3) is 0.357. The molecule has 1 atom stereocenters. The summed E-state index contributed by atoms with van der Waals surface area (Å²) in [4.78, 5) is 0. The van der Waals surface area contributed by atoms with Crippen molar-refractivity contribution in [3.8, 4) is 0 Å². The van der Waals surface area contributed by atoms with Crippen molar-refractivity contribution in [2.24, 2.45) is 7.05 Å². The van der Waals surface area contributed by atoms with E-state index in [1.165, 1.54) is 6.07 Å². The normalized spacial score (nSPS) is 12.7. The third-order valence-electron chi connectivity index (χ3n) is 3.10. The molecule has 0 fully saturated rings. The first-order valence-electron chi connectivity index (χ1n) is 6.08. The Labute approximate surface area is 120 Å². The molecule has 1 unspecified atom stereocenters. The zero-order valence-corrected chi connectivity index (χ0v) is 12.5. The first-order chi connectivity index (χ1) is 8.99. The maximum Gasteiger partial charge on any atom is 0.126 e. The highest BCUT2D eigenvalue weighted by molar-refractivity contribution is 9.10. The summed E-state index contributed by atoms with van der Waals surface area (Å²) in [7, 11) is 1.84. The van der Waals surface area contributed by atoms with Crippen molar-refractivity contribution in [3.05, 3.63) is 51.5 Å². The Hall–Kier alpha value is -1.20. The minimum Gasteiger partial charge on any atom is -0.392 e. The number of aromatic nitrogens is 2. The smallest absolute Gasteiger partial charge is 0.126 e. The van der Waals surface area contributed by atoms with Crippen LogP contribution in [0.5, 0.6) is 0 Å². The predicted molar refractivity (Wildman–Crippen MR) is 75.5 cm³/mol. The Bertz CT molecular complexity index is 583. The predicted octanol–water partition coefficient (Wildman–Crippen LogP) is 2.78. The second-order valence-electron chi connectivity index (χ2n) is 4.62. The van der Waals surface area contributed by atoms with Crippen LogP contribution in [0.1, 0.15) is 17.0 Å². The van der Waals surface area contributed by atoms with E-state index in [1.807, 2.05) is 14.0 Å². The minimum absolute atomic E-state index is 0.276. The van der Waals surface area contributed by atoms with Crippen molar-refractivity contribution in [2.75, 3.05) is 0 Å². The summed E-state index contributed by atoms with van der Waals surface area (Å²) in [6, 6.07) is 6.52. The molecule has 5 heteroatoms. The quantitative estimate of drug-likeness (QED) is 0.938. The Balaban J connectivity index is 2.10. The van der Waals surface area contributed by atoms with Gasteiger partial charge < -0.3 is 5.11 Å². The summed E-state index contributed by atoms with van der Waals surface area (Å²) in [6.07, 6.45) is 0.0956. The van der Waals surface area contributed by atoms with E-state index in [4.69, 9.17) is 0 Å². The van der Waals surface area contributed by atoms with Gasteiger partial charge in [-0.25, -0.2) is 4.39 Å². The largest absolute Gasteiger partial charge is 0.392 e. The molecule has 1 N–H and O–H groups in total. The van der Waals surface area contributed by atoms with E-state index in [0.717, 1.165) is 15.9 Å². The highest BCUT2D eigenvalue weighted by atomic mass is 79.9. The van der Waals surface area contributed by atoms with Crippen molar-refractivity contribution in [3.63, 3.8) is 0 Å². The number of hydrogen-bond donors (Lipinski definition) is 1. The molecule has 2 aromatic rings. The summed E-state index contributed by atoms with van der Waals surface area (Å²) in [6.45, 7) is 1.90. The Morgan fingerprint density at radius 2 is 2.05 bits per heavy atom. The third-order valence-corrected chi connectivity index (χ3v) is 4.14. The van der Waals surface area contributed by atoms with E-state index in [1.54, 1.807) is 22.9 Å². The van der Waals surface area contributed by atoms with Gasteiger partial charge in [0, 0.05) is 19.9 Å². The number of benzene rings is 1. The number of hydrogen-bond acceptors (Lipinski definition) is 2. The van der Waals surface area contributed by atoms with Gasteiger partial charge in [-0.05, 0) is 34.5 Å². The fourth-order valence-electron chi connectivity index (χ4n) is 2.11. The van der Waals surface area contributed by atoms with Gasteiger partial charge in [0.1, 0.15) is 5.82 Å². The zero-order chi connectivity index (χ0) is 14.0. The first-order valence-corrected chi connectivity index (χ1v) is 6.87. The highest BCUT2D eigenvalue weighted by Crippen LogP contribution is 2.22. The molecule has 19 heavy (non-hydrogen) atoms. The Morgan fingerprint density at radius 1 is 1.37 bits per heavy atom. The maximum atomic E-state index is 13.5. The van der Waals surface area contributed by atoms with Gasteiger partial charge in [-0.2, -0.15) is 5.10 Å².